The van der Waals surface area contributed by atoms with E-state index in [9.17, 15) is 26.3 Å². The van der Waals surface area contributed by atoms with Crippen molar-refractivity contribution < 1.29 is 30.9 Å². The van der Waals surface area contributed by atoms with Crippen LogP contribution < -0.4 is 11.5 Å². The van der Waals surface area contributed by atoms with E-state index in [4.69, 9.17) is 11.5 Å². The van der Waals surface area contributed by atoms with E-state index in [0.717, 1.165) is 0 Å². The fourth-order valence-electron chi connectivity index (χ4n) is 1.89. The molecule has 0 bridgehead atoms. The summed E-state index contributed by atoms with van der Waals surface area (Å²) in [6.07, 6.45) is -8.24. The molecule has 0 aliphatic carbocycles. The average Bonchev–Trinajstić information content (AvgIpc) is 2.37. The lowest BCUT2D eigenvalue weighted by Crippen LogP contribution is -2.24. The fraction of sp³-hybridized carbons (Fsp3) is 0.462. The summed E-state index contributed by atoms with van der Waals surface area (Å²) in [7, 11) is 0. The molecule has 3 nitrogen and oxygen atoms in total. The van der Waals surface area contributed by atoms with E-state index in [1.807, 2.05) is 0 Å². The van der Waals surface area contributed by atoms with Crippen molar-refractivity contribution in [3.63, 3.8) is 0 Å². The molecule has 0 aromatic heterocycles. The lowest BCUT2D eigenvalue weighted by molar-refractivity contribution is -0.537. The molecule has 0 unspecified atom stereocenters. The van der Waals surface area contributed by atoms with Crippen LogP contribution in [0.15, 0.2) is 18.2 Å². The third kappa shape index (κ3) is 5.30. The van der Waals surface area contributed by atoms with Gasteiger partial charge in [0.25, 0.3) is 0 Å². The van der Waals surface area contributed by atoms with E-state index in [-0.39, 0.29) is 37.8 Å². The van der Waals surface area contributed by atoms with Gasteiger partial charge in [-0.3, -0.25) is 0 Å². The van der Waals surface area contributed by atoms with Gasteiger partial charge >= 0.3 is 12.4 Å². The quantitative estimate of drug-likeness (QED) is 0.495. The van der Waals surface area contributed by atoms with Crippen molar-refractivity contribution in [2.24, 2.45) is 11.5 Å². The molecular formula is C13H16F6N3+. The summed E-state index contributed by atoms with van der Waals surface area (Å²) < 4.78 is 77.9. The van der Waals surface area contributed by atoms with Crippen LogP contribution in [0.1, 0.15) is 16.7 Å². The van der Waals surface area contributed by atoms with Gasteiger partial charge in [0.1, 0.15) is 0 Å². The number of halogens is 6. The molecule has 0 amide bonds. The lowest BCUT2D eigenvalue weighted by Gasteiger charge is -2.13. The van der Waals surface area contributed by atoms with E-state index in [1.165, 1.54) is 10.8 Å². The SMILES string of the molecule is NCC=[N+](CCN)Cc1cc(C(F)(F)F)cc(C(F)(F)F)c1. The Hall–Kier alpha value is -1.61. The second kappa shape index (κ2) is 7.10. The number of alkyl halides is 6. The molecule has 0 heterocycles. The highest BCUT2D eigenvalue weighted by atomic mass is 19.4. The maximum atomic E-state index is 12.7. The summed E-state index contributed by atoms with van der Waals surface area (Å²) in [6, 6.07) is 1.50. The summed E-state index contributed by atoms with van der Waals surface area (Å²) in [5.41, 5.74) is 7.88. The van der Waals surface area contributed by atoms with Crippen LogP contribution in [-0.4, -0.2) is 30.4 Å². The van der Waals surface area contributed by atoms with E-state index < -0.39 is 23.5 Å². The predicted molar refractivity (Wildman–Crippen MR) is 69.5 cm³/mol. The van der Waals surface area contributed by atoms with E-state index >= 15 is 0 Å². The van der Waals surface area contributed by atoms with Crippen LogP contribution in [0.3, 0.4) is 0 Å². The molecule has 0 saturated heterocycles. The van der Waals surface area contributed by atoms with Gasteiger partial charge < -0.3 is 11.5 Å². The summed E-state index contributed by atoms with van der Waals surface area (Å²) in [5, 5.41) is 0. The zero-order chi connectivity index (χ0) is 17.0. The first-order valence-electron chi connectivity index (χ1n) is 6.33. The molecule has 0 fully saturated rings. The molecule has 22 heavy (non-hydrogen) atoms. The zero-order valence-corrected chi connectivity index (χ0v) is 11.5. The second-order valence-electron chi connectivity index (χ2n) is 4.59. The molecule has 0 radical (unpaired) electrons. The molecular weight excluding hydrogens is 312 g/mol. The van der Waals surface area contributed by atoms with Crippen LogP contribution in [0.25, 0.3) is 0 Å². The Balaban J connectivity index is 3.26. The number of benzene rings is 1. The maximum Gasteiger partial charge on any atom is 0.416 e. The Bertz CT molecular complexity index is 501. The Labute approximate surface area is 123 Å². The molecule has 1 aromatic carbocycles. The predicted octanol–water partition coefficient (Wildman–Crippen LogP) is 2.22. The molecule has 4 N–H and O–H groups in total. The maximum absolute atomic E-state index is 12.7. The number of rotatable bonds is 5. The second-order valence-corrected chi connectivity index (χ2v) is 4.59. The van der Waals surface area contributed by atoms with Crippen molar-refractivity contribution in [3.8, 4) is 0 Å². The molecule has 0 aliphatic heterocycles. The van der Waals surface area contributed by atoms with Gasteiger partial charge in [-0.15, -0.1) is 0 Å². The summed E-state index contributed by atoms with van der Waals surface area (Å²) in [6.45, 7) is 0.433. The third-order valence-corrected chi connectivity index (χ3v) is 2.81. The molecule has 1 aromatic rings. The van der Waals surface area contributed by atoms with Crippen molar-refractivity contribution in [2.45, 2.75) is 18.9 Å². The minimum atomic E-state index is -4.85. The van der Waals surface area contributed by atoms with E-state index in [1.54, 1.807) is 0 Å². The first-order chi connectivity index (χ1) is 10.1. The monoisotopic (exact) mass is 328 g/mol. The number of nitrogens with two attached hydrogens (primary N) is 2. The first-order valence-corrected chi connectivity index (χ1v) is 6.33. The Kier molecular flexibility index (Phi) is 5.95. The van der Waals surface area contributed by atoms with Gasteiger partial charge in [-0.25, -0.2) is 4.58 Å². The average molecular weight is 328 g/mol. The molecule has 0 aliphatic rings. The van der Waals surface area contributed by atoms with E-state index in [2.05, 4.69) is 0 Å². The van der Waals surface area contributed by atoms with Gasteiger partial charge in [0.05, 0.1) is 24.2 Å². The van der Waals surface area contributed by atoms with Gasteiger partial charge in [-0.2, -0.15) is 26.3 Å². The van der Waals surface area contributed by atoms with Gasteiger partial charge in [-0.05, 0) is 18.2 Å². The molecule has 0 atom stereocenters. The van der Waals surface area contributed by atoms with Crippen LogP contribution in [-0.2, 0) is 18.9 Å². The Morgan fingerprint density at radius 1 is 0.909 bits per heavy atom. The lowest BCUT2D eigenvalue weighted by atomic mass is 10.0. The molecule has 9 heteroatoms. The Morgan fingerprint density at radius 3 is 1.77 bits per heavy atom. The van der Waals surface area contributed by atoms with Gasteiger partial charge in [0.2, 0.25) is 0 Å². The highest BCUT2D eigenvalue weighted by Gasteiger charge is 2.37. The normalized spacial score (nSPS) is 13.5. The topological polar surface area (TPSA) is 55.0 Å². The fourth-order valence-corrected chi connectivity index (χ4v) is 1.89. The van der Waals surface area contributed by atoms with Crippen molar-refractivity contribution >= 4 is 6.21 Å². The standard InChI is InChI=1S/C13H16F6N3/c14-12(15,16)10-5-9(6-11(7-10)13(17,18)19)8-22(3-1-20)4-2-21/h3,5-7H,1-2,4,8,20-21H2/q+1. The first kappa shape index (κ1) is 18.4. The summed E-state index contributed by atoms with van der Waals surface area (Å²) >= 11 is 0. The van der Waals surface area contributed by atoms with Crippen molar-refractivity contribution in [1.82, 2.24) is 0 Å². The van der Waals surface area contributed by atoms with Crippen molar-refractivity contribution in [1.29, 1.82) is 0 Å². The highest BCUT2D eigenvalue weighted by Crippen LogP contribution is 2.36. The van der Waals surface area contributed by atoms with Crippen LogP contribution in [0.2, 0.25) is 0 Å². The highest BCUT2D eigenvalue weighted by molar-refractivity contribution is 5.53. The number of hydrogen-bond donors (Lipinski definition) is 2. The summed E-state index contributed by atoms with van der Waals surface area (Å²) in [5.74, 6) is 0. The van der Waals surface area contributed by atoms with Crippen LogP contribution in [0.4, 0.5) is 26.3 Å². The van der Waals surface area contributed by atoms with Crippen molar-refractivity contribution in [2.75, 3.05) is 19.6 Å². The minimum Gasteiger partial charge on any atom is -0.325 e. The van der Waals surface area contributed by atoms with Gasteiger partial charge in [0.15, 0.2) is 19.3 Å². The molecule has 1 rings (SSSR count). The van der Waals surface area contributed by atoms with Crippen LogP contribution in [0, 0.1) is 0 Å². The molecule has 0 spiro atoms. The van der Waals surface area contributed by atoms with Crippen molar-refractivity contribution in [3.05, 3.63) is 34.9 Å². The molecule has 124 valence electrons. The smallest absolute Gasteiger partial charge is 0.325 e. The molecule has 0 saturated carbocycles. The number of hydrogen-bond acceptors (Lipinski definition) is 2. The third-order valence-electron chi connectivity index (χ3n) is 2.81. The largest absolute Gasteiger partial charge is 0.416 e. The Morgan fingerprint density at radius 2 is 1.41 bits per heavy atom. The van der Waals surface area contributed by atoms with Gasteiger partial charge in [0, 0.05) is 5.56 Å². The van der Waals surface area contributed by atoms with Crippen LogP contribution >= 0.6 is 0 Å². The number of nitrogens with zero attached hydrogens (tertiary/aromatic N) is 1. The zero-order valence-electron chi connectivity index (χ0n) is 11.5. The van der Waals surface area contributed by atoms with E-state index in [0.29, 0.717) is 12.1 Å². The minimum absolute atomic E-state index is 0.101. The van der Waals surface area contributed by atoms with Gasteiger partial charge in [-0.1, -0.05) is 0 Å². The van der Waals surface area contributed by atoms with Crippen LogP contribution in [0.5, 0.6) is 0 Å². The summed E-state index contributed by atoms with van der Waals surface area (Å²) in [4.78, 5) is 0.